The molecule has 1 saturated heterocycles. The number of hydrogen-bond donors (Lipinski definition) is 1. The molecule has 0 radical (unpaired) electrons. The lowest BCUT2D eigenvalue weighted by Gasteiger charge is -2.25. The number of likely N-dealkylation sites (tertiary alicyclic amines) is 1. The molecular weight excluding hydrogens is 388 g/mol. The number of rotatable bonds is 5. The Morgan fingerprint density at radius 2 is 1.77 bits per heavy atom. The van der Waals surface area contributed by atoms with Crippen LogP contribution in [0.3, 0.4) is 0 Å². The summed E-state index contributed by atoms with van der Waals surface area (Å²) in [6, 6.07) is 13.0. The molecule has 0 saturated carbocycles. The Morgan fingerprint density at radius 1 is 1.06 bits per heavy atom. The molecule has 3 aromatic rings. The van der Waals surface area contributed by atoms with Gasteiger partial charge in [-0.2, -0.15) is 0 Å². The molecule has 6 nitrogen and oxygen atoms in total. The zero-order valence-corrected chi connectivity index (χ0v) is 17.9. The summed E-state index contributed by atoms with van der Waals surface area (Å²) in [6.07, 6.45) is 3.51. The van der Waals surface area contributed by atoms with Crippen molar-refractivity contribution in [3.63, 3.8) is 0 Å². The first-order valence-corrected chi connectivity index (χ1v) is 10.6. The maximum atomic E-state index is 13.4. The van der Waals surface area contributed by atoms with Crippen LogP contribution in [0.2, 0.25) is 0 Å². The van der Waals surface area contributed by atoms with E-state index in [9.17, 15) is 9.59 Å². The Bertz CT molecular complexity index is 1180. The third-order valence-electron chi connectivity index (χ3n) is 5.86. The molecular formula is C25H26N4O2. The Morgan fingerprint density at radius 3 is 2.42 bits per heavy atom. The molecule has 2 heterocycles. The normalized spacial score (nSPS) is 14.4. The van der Waals surface area contributed by atoms with Crippen molar-refractivity contribution in [1.82, 2.24) is 9.47 Å². The first kappa shape index (κ1) is 20.8. The number of ketones is 1. The molecule has 1 aromatic heterocycles. The molecule has 0 atom stereocenters. The number of anilines is 1. The third-order valence-corrected chi connectivity index (χ3v) is 5.86. The molecule has 2 aromatic carbocycles. The van der Waals surface area contributed by atoms with E-state index < -0.39 is 0 Å². The molecule has 1 aliphatic rings. The van der Waals surface area contributed by atoms with Crippen molar-refractivity contribution in [2.45, 2.75) is 33.1 Å². The Hall–Kier alpha value is -3.43. The van der Waals surface area contributed by atoms with Gasteiger partial charge in [0.2, 0.25) is 5.91 Å². The van der Waals surface area contributed by atoms with E-state index >= 15 is 0 Å². The van der Waals surface area contributed by atoms with E-state index in [1.54, 1.807) is 12.1 Å². The van der Waals surface area contributed by atoms with Gasteiger partial charge in [0.25, 0.3) is 0 Å². The number of carbonyl (C=O) groups is 2. The van der Waals surface area contributed by atoms with Crippen molar-refractivity contribution < 1.29 is 9.59 Å². The quantitative estimate of drug-likeness (QED) is 0.466. The molecule has 1 aliphatic heterocycles. The highest BCUT2D eigenvalue weighted by Crippen LogP contribution is 2.32. The lowest BCUT2D eigenvalue weighted by Crippen LogP contribution is -2.34. The number of nitrogens with zero attached hydrogens (tertiary/aromatic N) is 3. The Labute approximate surface area is 182 Å². The van der Waals surface area contributed by atoms with E-state index in [2.05, 4.69) is 15.1 Å². The van der Waals surface area contributed by atoms with Crippen molar-refractivity contribution in [3.05, 3.63) is 65.1 Å². The molecule has 0 spiro atoms. The highest BCUT2D eigenvalue weighted by atomic mass is 16.1. The van der Waals surface area contributed by atoms with Crippen LogP contribution in [0.5, 0.6) is 0 Å². The highest BCUT2D eigenvalue weighted by molar-refractivity contribution is 6.11. The minimum atomic E-state index is -0.142. The summed E-state index contributed by atoms with van der Waals surface area (Å²) in [6.45, 7) is 13.0. The molecule has 1 fully saturated rings. The first-order valence-electron chi connectivity index (χ1n) is 10.6. The summed E-state index contributed by atoms with van der Waals surface area (Å²) < 4.78 is 2.04. The molecule has 0 unspecified atom stereocenters. The third kappa shape index (κ3) is 4.23. The monoisotopic (exact) mass is 414 g/mol. The fraction of sp³-hybridized carbons (Fsp3) is 0.320. The minimum absolute atomic E-state index is 0.119. The van der Waals surface area contributed by atoms with E-state index in [-0.39, 0.29) is 11.7 Å². The average molecular weight is 415 g/mol. The van der Waals surface area contributed by atoms with Crippen LogP contribution in [0.25, 0.3) is 21.4 Å². The molecule has 158 valence electrons. The maximum Gasteiger partial charge on any atom is 0.221 e. The highest BCUT2D eigenvalue weighted by Gasteiger charge is 2.23. The predicted molar refractivity (Wildman–Crippen MR) is 123 cm³/mol. The van der Waals surface area contributed by atoms with Gasteiger partial charge in [0.1, 0.15) is 0 Å². The van der Waals surface area contributed by atoms with Crippen LogP contribution >= 0.6 is 0 Å². The van der Waals surface area contributed by atoms with Crippen molar-refractivity contribution in [3.8, 4) is 5.69 Å². The number of Topliss-reactive ketones (excluding diaryl/α,β-unsaturated/α-hetero) is 1. The predicted octanol–water partition coefficient (Wildman–Crippen LogP) is 5.12. The molecule has 31 heavy (non-hydrogen) atoms. The van der Waals surface area contributed by atoms with Gasteiger partial charge in [-0.05, 0) is 57.1 Å². The van der Waals surface area contributed by atoms with Gasteiger partial charge in [-0.3, -0.25) is 14.5 Å². The van der Waals surface area contributed by atoms with E-state index in [4.69, 9.17) is 6.57 Å². The second-order valence-electron chi connectivity index (χ2n) is 8.10. The molecule has 0 aliphatic carbocycles. The van der Waals surface area contributed by atoms with Crippen LogP contribution in [-0.4, -0.2) is 40.8 Å². The molecule has 1 amide bonds. The van der Waals surface area contributed by atoms with Crippen LogP contribution in [0.15, 0.2) is 42.5 Å². The largest absolute Gasteiger partial charge is 0.326 e. The second kappa shape index (κ2) is 8.75. The van der Waals surface area contributed by atoms with E-state index in [1.165, 1.54) is 13.3 Å². The van der Waals surface area contributed by atoms with E-state index in [0.29, 0.717) is 17.9 Å². The number of nitrogens with one attached hydrogen (secondary N) is 1. The Kier molecular flexibility index (Phi) is 5.88. The number of benzene rings is 2. The first-order chi connectivity index (χ1) is 15.0. The summed E-state index contributed by atoms with van der Waals surface area (Å²) in [4.78, 5) is 30.7. The van der Waals surface area contributed by atoms with Crippen molar-refractivity contribution >= 4 is 34.0 Å². The standard InChI is InChI=1S/C25H26N4O2/c1-17-25(24(31)16-28-13-5-4-6-14-28)22-12-9-20(27-18(2)30)15-23(22)29(17)21-10-7-19(26-3)8-11-21/h7-12,15H,4-6,13-14,16H2,1-2H3,(H,27,30). The van der Waals surface area contributed by atoms with Gasteiger partial charge >= 0.3 is 0 Å². The summed E-state index contributed by atoms with van der Waals surface area (Å²) in [5.41, 5.74) is 4.59. The second-order valence-corrected chi connectivity index (χ2v) is 8.10. The van der Waals surface area contributed by atoms with Crippen molar-refractivity contribution in [2.24, 2.45) is 0 Å². The SMILES string of the molecule is [C-]#[N+]c1ccc(-n2c(C)c(C(=O)CN3CCCCC3)c3ccc(NC(C)=O)cc32)cc1. The number of hydrogen-bond acceptors (Lipinski definition) is 3. The van der Waals surface area contributed by atoms with Crippen LogP contribution in [0.1, 0.15) is 42.2 Å². The van der Waals surface area contributed by atoms with Gasteiger partial charge in [-0.15, -0.1) is 0 Å². The Balaban J connectivity index is 1.83. The lowest BCUT2D eigenvalue weighted by atomic mass is 10.0. The van der Waals surface area contributed by atoms with Crippen LogP contribution in [-0.2, 0) is 4.79 Å². The van der Waals surface area contributed by atoms with E-state index in [1.807, 2.05) is 41.8 Å². The summed E-state index contributed by atoms with van der Waals surface area (Å²) >= 11 is 0. The van der Waals surface area contributed by atoms with Gasteiger partial charge < -0.3 is 9.88 Å². The fourth-order valence-electron chi connectivity index (χ4n) is 4.46. The minimum Gasteiger partial charge on any atom is -0.326 e. The summed E-state index contributed by atoms with van der Waals surface area (Å²) in [5.74, 6) is -0.0230. The van der Waals surface area contributed by atoms with Crippen LogP contribution in [0.4, 0.5) is 11.4 Å². The van der Waals surface area contributed by atoms with Gasteiger partial charge in [0.15, 0.2) is 11.5 Å². The average Bonchev–Trinajstić information content (AvgIpc) is 3.05. The van der Waals surface area contributed by atoms with Crippen LogP contribution in [0, 0.1) is 13.5 Å². The van der Waals surface area contributed by atoms with Crippen molar-refractivity contribution in [1.29, 1.82) is 0 Å². The number of aromatic nitrogens is 1. The maximum absolute atomic E-state index is 13.4. The summed E-state index contributed by atoms with van der Waals surface area (Å²) in [7, 11) is 0. The van der Waals surface area contributed by atoms with Crippen LogP contribution < -0.4 is 5.32 Å². The van der Waals surface area contributed by atoms with Crippen molar-refractivity contribution in [2.75, 3.05) is 25.0 Å². The smallest absolute Gasteiger partial charge is 0.221 e. The number of carbonyl (C=O) groups excluding carboxylic acids is 2. The van der Waals surface area contributed by atoms with Gasteiger partial charge in [-0.25, -0.2) is 4.85 Å². The zero-order valence-electron chi connectivity index (χ0n) is 17.9. The number of piperidine rings is 1. The van der Waals surface area contributed by atoms with Gasteiger partial charge in [0, 0.05) is 34.9 Å². The molecule has 0 bridgehead atoms. The number of amides is 1. The summed E-state index contributed by atoms with van der Waals surface area (Å²) in [5, 5.41) is 3.71. The fourth-order valence-corrected chi connectivity index (χ4v) is 4.46. The number of fused-ring (bicyclic) bond motifs is 1. The molecule has 1 N–H and O–H groups in total. The van der Waals surface area contributed by atoms with E-state index in [0.717, 1.165) is 53.8 Å². The van der Waals surface area contributed by atoms with Gasteiger partial charge in [-0.1, -0.05) is 24.6 Å². The lowest BCUT2D eigenvalue weighted by molar-refractivity contribution is -0.114. The topological polar surface area (TPSA) is 58.7 Å². The molecule has 6 heteroatoms. The molecule has 4 rings (SSSR count). The zero-order chi connectivity index (χ0) is 22.0. The van der Waals surface area contributed by atoms with Gasteiger partial charge in [0.05, 0.1) is 18.6 Å².